The molecule has 1 saturated carbocycles. The molecule has 1 aliphatic rings. The van der Waals surface area contributed by atoms with E-state index in [1.165, 1.54) is 50.6 Å². The highest BCUT2D eigenvalue weighted by Crippen LogP contribution is 2.35. The second-order valence-electron chi connectivity index (χ2n) is 8.18. The van der Waals surface area contributed by atoms with Gasteiger partial charge in [0.25, 0.3) is 5.89 Å². The topological polar surface area (TPSA) is 113 Å². The van der Waals surface area contributed by atoms with Crippen LogP contribution in [0.1, 0.15) is 48.3 Å². The third kappa shape index (κ3) is 5.76. The molecule has 0 unspecified atom stereocenters. The van der Waals surface area contributed by atoms with E-state index in [4.69, 9.17) is 18.7 Å². The zero-order chi connectivity index (χ0) is 24.8. The lowest BCUT2D eigenvalue weighted by atomic mass is 9.88. The third-order valence-electron chi connectivity index (χ3n) is 5.87. The first-order valence-corrected chi connectivity index (χ1v) is 11.3. The Hall–Kier alpha value is -3.95. The molecule has 0 bridgehead atoms. The quantitative estimate of drug-likeness (QED) is 0.456. The Morgan fingerprint density at radius 3 is 2.43 bits per heavy atom. The van der Waals surface area contributed by atoms with Crippen LogP contribution in [-0.4, -0.2) is 36.2 Å². The van der Waals surface area contributed by atoms with Crippen molar-refractivity contribution in [3.05, 3.63) is 53.6 Å². The average Bonchev–Trinajstić information content (AvgIpc) is 3.37. The van der Waals surface area contributed by atoms with Gasteiger partial charge in [-0.05, 0) is 37.1 Å². The summed E-state index contributed by atoms with van der Waals surface area (Å²) in [6.07, 6.45) is 4.75. The largest absolute Gasteiger partial charge is 0.493 e. The molecular formula is C25H26FN3O6. The predicted molar refractivity (Wildman–Crippen MR) is 124 cm³/mol. The molecule has 1 heterocycles. The van der Waals surface area contributed by atoms with Crippen LogP contribution in [0.4, 0.5) is 10.1 Å². The van der Waals surface area contributed by atoms with Gasteiger partial charge in [-0.2, -0.15) is 4.98 Å². The lowest BCUT2D eigenvalue weighted by Crippen LogP contribution is -2.26. The Morgan fingerprint density at radius 1 is 1.06 bits per heavy atom. The van der Waals surface area contributed by atoms with Crippen molar-refractivity contribution in [2.75, 3.05) is 19.5 Å². The van der Waals surface area contributed by atoms with Gasteiger partial charge < -0.3 is 24.1 Å². The highest BCUT2D eigenvalue weighted by Gasteiger charge is 2.25. The lowest BCUT2D eigenvalue weighted by Gasteiger charge is -2.22. The summed E-state index contributed by atoms with van der Waals surface area (Å²) >= 11 is 0. The number of nitrogens with zero attached hydrogens (tertiary/aromatic N) is 2. The second-order valence-corrected chi connectivity index (χ2v) is 8.18. The van der Waals surface area contributed by atoms with Crippen molar-refractivity contribution in [3.8, 4) is 23.0 Å². The molecule has 35 heavy (non-hydrogen) atoms. The molecule has 2 aromatic carbocycles. The molecule has 1 aliphatic carbocycles. The zero-order valence-electron chi connectivity index (χ0n) is 19.5. The molecule has 1 aromatic heterocycles. The van der Waals surface area contributed by atoms with E-state index in [-0.39, 0.29) is 47.2 Å². The summed E-state index contributed by atoms with van der Waals surface area (Å²) in [6.45, 7) is -0.270. The molecule has 1 amide bonds. The van der Waals surface area contributed by atoms with Gasteiger partial charge >= 0.3 is 5.97 Å². The number of carbonyl (C=O) groups is 2. The van der Waals surface area contributed by atoms with E-state index in [0.717, 1.165) is 32.1 Å². The average molecular weight is 483 g/mol. The number of aromatic nitrogens is 2. The Bertz CT molecular complexity index is 1190. The van der Waals surface area contributed by atoms with E-state index in [9.17, 15) is 14.0 Å². The van der Waals surface area contributed by atoms with Gasteiger partial charge in [0.05, 0.1) is 25.5 Å². The number of ether oxygens (including phenoxy) is 3. The lowest BCUT2D eigenvalue weighted by molar-refractivity contribution is -0.120. The summed E-state index contributed by atoms with van der Waals surface area (Å²) in [6, 6.07) is 8.56. The molecule has 3 aromatic rings. The first kappa shape index (κ1) is 24.2. The van der Waals surface area contributed by atoms with E-state index in [0.29, 0.717) is 17.1 Å². The molecule has 10 heteroatoms. The van der Waals surface area contributed by atoms with Crippen LogP contribution in [0.2, 0.25) is 0 Å². The fourth-order valence-corrected chi connectivity index (χ4v) is 3.98. The number of methoxy groups -OCH3 is 2. The number of nitrogens with one attached hydrogen (secondary N) is 1. The molecule has 0 aliphatic heterocycles. The number of anilines is 1. The van der Waals surface area contributed by atoms with Crippen LogP contribution in [0.5, 0.6) is 11.5 Å². The molecule has 0 saturated heterocycles. The van der Waals surface area contributed by atoms with Crippen molar-refractivity contribution in [1.82, 2.24) is 10.1 Å². The Labute approximate surface area is 201 Å². The van der Waals surface area contributed by atoms with E-state index in [1.807, 2.05) is 0 Å². The summed E-state index contributed by atoms with van der Waals surface area (Å²) < 4.78 is 34.3. The van der Waals surface area contributed by atoms with Crippen LogP contribution >= 0.6 is 0 Å². The van der Waals surface area contributed by atoms with Gasteiger partial charge in [0.2, 0.25) is 11.7 Å². The van der Waals surface area contributed by atoms with Gasteiger partial charge in [-0.15, -0.1) is 0 Å². The van der Waals surface area contributed by atoms with Crippen molar-refractivity contribution < 1.29 is 32.7 Å². The number of benzene rings is 2. The van der Waals surface area contributed by atoms with E-state index in [1.54, 1.807) is 0 Å². The molecule has 0 spiro atoms. The van der Waals surface area contributed by atoms with Crippen LogP contribution in [0.15, 0.2) is 40.9 Å². The van der Waals surface area contributed by atoms with Crippen LogP contribution in [-0.2, 0) is 16.1 Å². The Balaban J connectivity index is 1.50. The minimum Gasteiger partial charge on any atom is -0.493 e. The molecule has 9 nitrogen and oxygen atoms in total. The van der Waals surface area contributed by atoms with Crippen LogP contribution in [0, 0.1) is 11.7 Å². The normalized spacial score (nSPS) is 13.8. The molecule has 4 rings (SSSR count). The molecule has 0 atom stereocenters. The highest BCUT2D eigenvalue weighted by atomic mass is 19.1. The molecule has 1 N–H and O–H groups in total. The summed E-state index contributed by atoms with van der Waals surface area (Å²) in [5.74, 6) is -0.369. The standard InChI is InChI=1S/C25H26FN3O6/c1-32-20-12-18(19(13-21(20)33-2)27-23(30)15-6-4-3-5-7-15)25(31)34-14-22-28-24(35-29-22)16-8-10-17(26)11-9-16/h8-13,15H,3-7,14H2,1-2H3,(H,27,30). The summed E-state index contributed by atoms with van der Waals surface area (Å²) in [5, 5.41) is 6.66. The smallest absolute Gasteiger partial charge is 0.340 e. The third-order valence-corrected chi connectivity index (χ3v) is 5.87. The van der Waals surface area contributed by atoms with Crippen molar-refractivity contribution >= 4 is 17.6 Å². The monoisotopic (exact) mass is 483 g/mol. The van der Waals surface area contributed by atoms with Crippen molar-refractivity contribution in [1.29, 1.82) is 0 Å². The number of halogens is 1. The Morgan fingerprint density at radius 2 is 1.74 bits per heavy atom. The second kappa shape index (κ2) is 11.0. The fourth-order valence-electron chi connectivity index (χ4n) is 3.98. The van der Waals surface area contributed by atoms with E-state index >= 15 is 0 Å². The van der Waals surface area contributed by atoms with Crippen molar-refractivity contribution in [2.24, 2.45) is 5.92 Å². The number of carbonyl (C=O) groups excluding carboxylic acids is 2. The summed E-state index contributed by atoms with van der Waals surface area (Å²) in [7, 11) is 2.92. The number of esters is 1. The minimum atomic E-state index is -0.710. The predicted octanol–water partition coefficient (Wildman–Crippen LogP) is 4.77. The van der Waals surface area contributed by atoms with E-state index in [2.05, 4.69) is 15.5 Å². The van der Waals surface area contributed by atoms with Crippen LogP contribution in [0.3, 0.4) is 0 Å². The van der Waals surface area contributed by atoms with Crippen molar-refractivity contribution in [2.45, 2.75) is 38.7 Å². The van der Waals surface area contributed by atoms with Gasteiger partial charge in [-0.25, -0.2) is 9.18 Å². The number of hydrogen-bond acceptors (Lipinski definition) is 8. The zero-order valence-corrected chi connectivity index (χ0v) is 19.5. The Kier molecular flexibility index (Phi) is 7.59. The first-order valence-electron chi connectivity index (χ1n) is 11.3. The van der Waals surface area contributed by atoms with Gasteiger partial charge in [0.15, 0.2) is 18.1 Å². The summed E-state index contributed by atoms with van der Waals surface area (Å²) in [4.78, 5) is 30.0. The van der Waals surface area contributed by atoms with Gasteiger partial charge in [0, 0.05) is 23.6 Å². The number of rotatable bonds is 8. The maximum absolute atomic E-state index is 13.1. The van der Waals surface area contributed by atoms with Gasteiger partial charge in [-0.3, -0.25) is 4.79 Å². The molecular weight excluding hydrogens is 457 g/mol. The highest BCUT2D eigenvalue weighted by molar-refractivity contribution is 6.02. The maximum Gasteiger partial charge on any atom is 0.340 e. The fraction of sp³-hybridized carbons (Fsp3) is 0.360. The summed E-state index contributed by atoms with van der Waals surface area (Å²) in [5.41, 5.74) is 0.904. The number of hydrogen-bond donors (Lipinski definition) is 1. The minimum absolute atomic E-state index is 0.106. The molecule has 184 valence electrons. The van der Waals surface area contributed by atoms with Gasteiger partial charge in [0.1, 0.15) is 5.82 Å². The maximum atomic E-state index is 13.1. The SMILES string of the molecule is COc1cc(NC(=O)C2CCCCC2)c(C(=O)OCc2noc(-c3ccc(F)cc3)n2)cc1OC. The van der Waals surface area contributed by atoms with Gasteiger partial charge in [-0.1, -0.05) is 24.4 Å². The molecule has 0 radical (unpaired) electrons. The van der Waals surface area contributed by atoms with Crippen molar-refractivity contribution in [3.63, 3.8) is 0 Å². The number of amides is 1. The van der Waals surface area contributed by atoms with E-state index < -0.39 is 5.97 Å². The molecule has 1 fully saturated rings. The van der Waals surface area contributed by atoms with Crippen LogP contribution < -0.4 is 14.8 Å². The van der Waals surface area contributed by atoms with Crippen LogP contribution in [0.25, 0.3) is 11.5 Å². The first-order chi connectivity index (χ1) is 17.0.